The van der Waals surface area contributed by atoms with Gasteiger partial charge in [0.05, 0.1) is 0 Å². The van der Waals surface area contributed by atoms with Gasteiger partial charge in [-0.05, 0) is 11.6 Å². The molecule has 0 aliphatic heterocycles. The summed E-state index contributed by atoms with van der Waals surface area (Å²) in [6.45, 7) is 3.51. The molecule has 2 rings (SSSR count). The molecule has 0 fully saturated rings. The third kappa shape index (κ3) is 4.77. The highest BCUT2D eigenvalue weighted by Gasteiger charge is 2.63. The molecule has 0 amide bonds. The van der Waals surface area contributed by atoms with Crippen LogP contribution >= 0.6 is 0 Å². The van der Waals surface area contributed by atoms with E-state index in [9.17, 15) is 39.7 Å². The highest BCUT2D eigenvalue weighted by atomic mass is 32.2. The van der Waals surface area contributed by atoms with Gasteiger partial charge in [-0.25, -0.2) is 13.2 Å². The molecule has 0 aliphatic rings. The first-order valence-electron chi connectivity index (χ1n) is 7.63. The maximum absolute atomic E-state index is 13.6. The van der Waals surface area contributed by atoms with Gasteiger partial charge in [0.2, 0.25) is 5.69 Å². The zero-order chi connectivity index (χ0) is 22.0. The van der Waals surface area contributed by atoms with Crippen LogP contribution in [0.3, 0.4) is 0 Å². The van der Waals surface area contributed by atoms with E-state index in [0.29, 0.717) is 5.56 Å². The lowest BCUT2D eigenvalue weighted by atomic mass is 10.1. The maximum Gasteiger partial charge on any atom is 0.432 e. The van der Waals surface area contributed by atoms with Gasteiger partial charge in [0.1, 0.15) is 5.56 Å². The van der Waals surface area contributed by atoms with Crippen molar-refractivity contribution >= 4 is 22.2 Å². The molecule has 1 unspecified atom stereocenters. The molecule has 1 atom stereocenters. The van der Waals surface area contributed by atoms with Crippen LogP contribution in [0.1, 0.15) is 15.9 Å². The van der Waals surface area contributed by atoms with E-state index in [0.717, 1.165) is 6.07 Å². The Labute approximate surface area is 161 Å². The summed E-state index contributed by atoms with van der Waals surface area (Å²) in [6, 6.07) is 8.20. The smallest absolute Gasteiger partial charge is 0.432 e. The minimum atomic E-state index is -6.78. The number of halogens is 5. The largest absolute Gasteiger partial charge is 0.743 e. The van der Waals surface area contributed by atoms with E-state index in [1.165, 1.54) is 47.3 Å². The number of hydrogen-bond acceptors (Lipinski definition) is 5. The van der Waals surface area contributed by atoms with Crippen molar-refractivity contribution in [3.05, 3.63) is 66.5 Å². The Kier molecular flexibility index (Phi) is 6.09. The molecule has 1 aromatic carbocycles. The Balaban J connectivity index is 2.55. The minimum absolute atomic E-state index is 0.0535. The number of hydrogen-bond donors (Lipinski definition) is 0. The lowest BCUT2D eigenvalue weighted by molar-refractivity contribution is -0.596. The van der Waals surface area contributed by atoms with Gasteiger partial charge in [0.15, 0.2) is 22.5 Å². The van der Waals surface area contributed by atoms with Crippen molar-refractivity contribution in [2.75, 3.05) is 0 Å². The summed E-state index contributed by atoms with van der Waals surface area (Å²) >= 11 is 0. The summed E-state index contributed by atoms with van der Waals surface area (Å²) in [4.78, 5) is 12.3. The summed E-state index contributed by atoms with van der Waals surface area (Å²) in [7, 11) is -6.78. The fourth-order valence-electron chi connectivity index (χ4n) is 2.25. The second-order valence-electron chi connectivity index (χ2n) is 5.61. The first-order valence-corrected chi connectivity index (χ1v) is 9.04. The predicted molar refractivity (Wildman–Crippen MR) is 88.0 cm³/mol. The van der Waals surface area contributed by atoms with E-state index in [2.05, 4.69) is 11.3 Å². The molecule has 12 heteroatoms. The number of benzene rings is 1. The number of alkyl halides is 5. The highest BCUT2D eigenvalue weighted by molar-refractivity contribution is 7.86. The predicted octanol–water partition coefficient (Wildman–Crippen LogP) is 2.83. The Bertz CT molecular complexity index is 1020. The lowest BCUT2D eigenvalue weighted by Gasteiger charge is -2.29. The van der Waals surface area contributed by atoms with Crippen molar-refractivity contribution in [2.24, 2.45) is 0 Å². The van der Waals surface area contributed by atoms with Gasteiger partial charge in [-0.2, -0.15) is 26.5 Å². The number of nitrogens with zero attached hydrogens (tertiary/aromatic N) is 1. The fourth-order valence-corrected chi connectivity index (χ4v) is 2.69. The molecule has 1 heterocycles. The minimum Gasteiger partial charge on any atom is -0.743 e. The first-order chi connectivity index (χ1) is 13.3. The van der Waals surface area contributed by atoms with Gasteiger partial charge in [-0.15, -0.1) is 0 Å². The second kappa shape index (κ2) is 7.87. The normalized spacial score (nSPS) is 13.6. The fraction of sp³-hybridized carbons (Fsp3) is 0.176. The summed E-state index contributed by atoms with van der Waals surface area (Å²) in [5.74, 6) is -1.90. The van der Waals surface area contributed by atoms with Gasteiger partial charge in [-0.3, -0.25) is 0 Å². The monoisotopic (exact) mass is 437 g/mol. The van der Waals surface area contributed by atoms with Crippen molar-refractivity contribution in [1.82, 2.24) is 0 Å². The number of ether oxygens (including phenoxy) is 1. The van der Waals surface area contributed by atoms with E-state index < -0.39 is 39.2 Å². The zero-order valence-corrected chi connectivity index (χ0v) is 15.1. The van der Waals surface area contributed by atoms with Crippen LogP contribution in [0.4, 0.5) is 22.0 Å². The Morgan fingerprint density at radius 3 is 2.21 bits per heavy atom. The number of esters is 1. The van der Waals surface area contributed by atoms with Crippen LogP contribution < -0.4 is 4.57 Å². The number of aromatic nitrogens is 1. The Morgan fingerprint density at radius 1 is 1.14 bits per heavy atom. The topological polar surface area (TPSA) is 87.4 Å². The summed E-state index contributed by atoms with van der Waals surface area (Å²) in [5, 5.41) is -5.93. The molecule has 0 aliphatic carbocycles. The third-order valence-electron chi connectivity index (χ3n) is 3.63. The molecule has 156 valence electrons. The molecule has 29 heavy (non-hydrogen) atoms. The zero-order valence-electron chi connectivity index (χ0n) is 14.3. The molecule has 0 N–H and O–H groups in total. The summed E-state index contributed by atoms with van der Waals surface area (Å²) in [6.07, 6.45) is -6.33. The second-order valence-corrected chi connectivity index (χ2v) is 7.06. The van der Waals surface area contributed by atoms with E-state index in [1.807, 2.05) is 0 Å². The average molecular weight is 437 g/mol. The first kappa shape index (κ1) is 22.4. The number of carbonyl (C=O) groups is 1. The van der Waals surface area contributed by atoms with Crippen molar-refractivity contribution in [3.8, 4) is 5.69 Å². The summed E-state index contributed by atoms with van der Waals surface area (Å²) in [5.41, 5.74) is -0.199. The third-order valence-corrected chi connectivity index (χ3v) is 4.51. The van der Waals surface area contributed by atoms with Crippen LogP contribution in [0, 0.1) is 0 Å². The standard InChI is InChI=1S/C17H12F5NO5S/c1-2-11-6-7-12(13(10-11)23-8-4-3-5-9-23)14(24)28-15(16(18,19)20)17(21,22)29(25,26)27/h2-10,15H,1H2. The SMILES string of the molecule is C=Cc1ccc(C(=O)OC(C(F)(F)F)C(F)(F)S(=O)(=O)[O-])c(-[n+]2ccccc2)c1. The van der Waals surface area contributed by atoms with E-state index in [1.54, 1.807) is 6.07 Å². The maximum atomic E-state index is 13.6. The van der Waals surface area contributed by atoms with Gasteiger partial charge < -0.3 is 9.29 Å². The van der Waals surface area contributed by atoms with Gasteiger partial charge in [-0.1, -0.05) is 24.8 Å². The Hall–Kier alpha value is -2.86. The van der Waals surface area contributed by atoms with E-state index >= 15 is 0 Å². The van der Waals surface area contributed by atoms with Gasteiger partial charge in [0, 0.05) is 18.2 Å². The van der Waals surface area contributed by atoms with Crippen molar-refractivity contribution in [1.29, 1.82) is 0 Å². The highest BCUT2D eigenvalue weighted by Crippen LogP contribution is 2.38. The van der Waals surface area contributed by atoms with Gasteiger partial charge >= 0.3 is 17.4 Å². The Morgan fingerprint density at radius 2 is 1.72 bits per heavy atom. The number of carbonyl (C=O) groups excluding carboxylic acids is 1. The molecule has 1 aromatic heterocycles. The summed E-state index contributed by atoms with van der Waals surface area (Å²) < 4.78 is 103. The van der Waals surface area contributed by atoms with Crippen LogP contribution in [0.25, 0.3) is 11.8 Å². The molecule has 6 nitrogen and oxygen atoms in total. The molecule has 0 bridgehead atoms. The van der Waals surface area contributed by atoms with Crippen LogP contribution in [-0.4, -0.2) is 36.5 Å². The quantitative estimate of drug-likeness (QED) is 0.300. The van der Waals surface area contributed by atoms with Crippen LogP contribution in [0.5, 0.6) is 0 Å². The molecule has 0 radical (unpaired) electrons. The molecule has 0 saturated carbocycles. The molecule has 2 aromatic rings. The van der Waals surface area contributed by atoms with Crippen LogP contribution in [0.2, 0.25) is 0 Å². The van der Waals surface area contributed by atoms with Crippen molar-refractivity contribution in [3.63, 3.8) is 0 Å². The number of rotatable bonds is 6. The van der Waals surface area contributed by atoms with E-state index in [-0.39, 0.29) is 5.69 Å². The van der Waals surface area contributed by atoms with Crippen LogP contribution in [-0.2, 0) is 14.9 Å². The molecular formula is C17H12F5NO5S. The molecule has 0 spiro atoms. The molecular weight excluding hydrogens is 425 g/mol. The number of pyridine rings is 1. The van der Waals surface area contributed by atoms with E-state index in [4.69, 9.17) is 0 Å². The average Bonchev–Trinajstić information content (AvgIpc) is 2.64. The lowest BCUT2D eigenvalue weighted by Crippen LogP contribution is -2.52. The van der Waals surface area contributed by atoms with Crippen LogP contribution in [0.15, 0.2) is 55.4 Å². The van der Waals surface area contributed by atoms with Gasteiger partial charge in [0.25, 0.3) is 6.10 Å². The van der Waals surface area contributed by atoms with Crippen molar-refractivity contribution in [2.45, 2.75) is 17.5 Å². The van der Waals surface area contributed by atoms with Crippen molar-refractivity contribution < 1.29 is 49.0 Å². The molecule has 0 saturated heterocycles.